The van der Waals surface area contributed by atoms with Gasteiger partial charge < -0.3 is 72.3 Å². The highest BCUT2D eigenvalue weighted by Gasteiger charge is 2.24. The van der Waals surface area contributed by atoms with Crippen molar-refractivity contribution in [3.8, 4) is 34.5 Å². The van der Waals surface area contributed by atoms with Gasteiger partial charge in [0, 0.05) is 58.5 Å². The van der Waals surface area contributed by atoms with Crippen LogP contribution in [0.2, 0.25) is 0 Å². The number of nitrogens with one attached hydrogen (secondary N) is 1. The summed E-state index contributed by atoms with van der Waals surface area (Å²) < 4.78 is 22.6. The smallest absolute Gasteiger partial charge is 0.303 e. The summed E-state index contributed by atoms with van der Waals surface area (Å²) in [6.07, 6.45) is 3.15. The highest BCUT2D eigenvalue weighted by molar-refractivity contribution is 5.83. The lowest BCUT2D eigenvalue weighted by molar-refractivity contribution is -0.138. The molecular weight excluding hydrogens is 1050 g/mol. The summed E-state index contributed by atoms with van der Waals surface area (Å²) >= 11 is 0. The van der Waals surface area contributed by atoms with E-state index in [4.69, 9.17) is 57.2 Å². The maximum Gasteiger partial charge on any atom is 0.303 e. The lowest BCUT2D eigenvalue weighted by Crippen LogP contribution is -2.52. The number of rotatable bonds is 24. The number of nitrogens with zero attached hydrogens (tertiary/aromatic N) is 2. The van der Waals surface area contributed by atoms with Gasteiger partial charge in [-0.25, -0.2) is 0 Å². The number of hydrogen-bond acceptors (Lipinski definition) is 14. The molecule has 6 aromatic rings. The maximum absolute atomic E-state index is 12.4. The predicted molar refractivity (Wildman–Crippen MR) is 308 cm³/mol. The third-order valence-electron chi connectivity index (χ3n) is 13.2. The van der Waals surface area contributed by atoms with Gasteiger partial charge in [0.1, 0.15) is 34.5 Å². The number of ether oxygens (including phenoxy) is 4. The number of morpholine rings is 1. The number of carboxylic acids is 3. The summed E-state index contributed by atoms with van der Waals surface area (Å²) in [5.74, 6) is 1.04. The molecular formula is C62H73N7O13. The van der Waals surface area contributed by atoms with Gasteiger partial charge in [0.15, 0.2) is 0 Å². The fourth-order valence-electron chi connectivity index (χ4n) is 8.59. The Morgan fingerprint density at radius 1 is 0.415 bits per heavy atom. The third kappa shape index (κ3) is 22.1. The van der Waals surface area contributed by atoms with Crippen LogP contribution in [0.4, 0.5) is 0 Å². The van der Waals surface area contributed by atoms with E-state index >= 15 is 0 Å². The Labute approximate surface area is 476 Å². The third-order valence-corrected chi connectivity index (χ3v) is 13.2. The van der Waals surface area contributed by atoms with Crippen LogP contribution in [0.3, 0.4) is 0 Å². The maximum atomic E-state index is 12.4. The van der Waals surface area contributed by atoms with Crippen molar-refractivity contribution in [2.24, 2.45) is 22.9 Å². The lowest BCUT2D eigenvalue weighted by atomic mass is 10.1. The van der Waals surface area contributed by atoms with Gasteiger partial charge in [-0.1, -0.05) is 72.8 Å². The van der Waals surface area contributed by atoms with Crippen LogP contribution in [0.1, 0.15) is 52.6 Å². The minimum Gasteiger partial charge on any atom is -0.481 e. The Hall–Kier alpha value is -8.66. The molecule has 20 heteroatoms. The predicted octanol–water partition coefficient (Wildman–Crippen LogP) is 5.87. The highest BCUT2D eigenvalue weighted by Crippen LogP contribution is 2.26. The van der Waals surface area contributed by atoms with E-state index in [1.165, 1.54) is 0 Å². The largest absolute Gasteiger partial charge is 0.481 e. The van der Waals surface area contributed by atoms with E-state index in [-0.39, 0.29) is 31.1 Å². The van der Waals surface area contributed by atoms with Crippen LogP contribution in [0.25, 0.3) is 0 Å². The van der Waals surface area contributed by atoms with Crippen LogP contribution >= 0.6 is 0 Å². The van der Waals surface area contributed by atoms with E-state index in [0.29, 0.717) is 112 Å². The van der Waals surface area contributed by atoms with E-state index in [1.807, 2.05) is 126 Å². The SMILES string of the molecule is NC(=O)C(N)Cc1ccc(Oc2ccc(CCC(=O)O)cc2)cc1.NC(Cc1ccc(Oc2ccc(CCC(=O)O)cc2)cc1)C(=O)N1CCNCC1.NC(Cc1ccc(Oc2ccc(CCC(=O)O)cc2)cc1)C(=O)N1CCOCC1. The molecule has 6 aromatic carbocycles. The second kappa shape index (κ2) is 32.6. The Bertz CT molecular complexity index is 2830. The number of primary amides is 1. The first-order valence-corrected chi connectivity index (χ1v) is 27.1. The molecule has 0 bridgehead atoms. The van der Waals surface area contributed by atoms with Crippen molar-refractivity contribution in [1.29, 1.82) is 0 Å². The summed E-state index contributed by atoms with van der Waals surface area (Å²) in [5, 5.41) is 29.4. The molecule has 2 saturated heterocycles. The molecule has 3 atom stereocenters. The number of hydrogen-bond donors (Lipinski definition) is 8. The molecule has 2 fully saturated rings. The second-order valence-corrected chi connectivity index (χ2v) is 19.7. The fourth-order valence-corrected chi connectivity index (χ4v) is 8.59. The van der Waals surface area contributed by atoms with Crippen molar-refractivity contribution in [2.75, 3.05) is 52.5 Å². The number of piperazine rings is 1. The monoisotopic (exact) mass is 1120 g/mol. The van der Waals surface area contributed by atoms with Gasteiger partial charge in [-0.3, -0.25) is 28.8 Å². The molecule has 12 N–H and O–H groups in total. The van der Waals surface area contributed by atoms with Gasteiger partial charge in [-0.15, -0.1) is 0 Å². The van der Waals surface area contributed by atoms with E-state index < -0.39 is 41.9 Å². The Kier molecular flexibility index (Phi) is 24.8. The number of carbonyl (C=O) groups excluding carboxylic acids is 3. The van der Waals surface area contributed by atoms with Gasteiger partial charge >= 0.3 is 17.9 Å². The van der Waals surface area contributed by atoms with Crippen molar-refractivity contribution in [1.82, 2.24) is 15.1 Å². The quantitative estimate of drug-likeness (QED) is 0.0351. The Morgan fingerprint density at radius 2 is 0.671 bits per heavy atom. The number of aryl methyl sites for hydroxylation is 3. The van der Waals surface area contributed by atoms with Gasteiger partial charge in [0.2, 0.25) is 17.7 Å². The van der Waals surface area contributed by atoms with Crippen molar-refractivity contribution in [3.05, 3.63) is 179 Å². The summed E-state index contributed by atoms with van der Waals surface area (Å²) in [5.41, 5.74) is 28.7. The van der Waals surface area contributed by atoms with Crippen LogP contribution in [0.15, 0.2) is 146 Å². The molecule has 434 valence electrons. The van der Waals surface area contributed by atoms with E-state index in [9.17, 15) is 28.8 Å². The summed E-state index contributed by atoms with van der Waals surface area (Å²) in [7, 11) is 0. The number of benzene rings is 6. The van der Waals surface area contributed by atoms with Crippen LogP contribution in [0.5, 0.6) is 34.5 Å². The van der Waals surface area contributed by atoms with Gasteiger partial charge in [0.05, 0.1) is 31.3 Å². The van der Waals surface area contributed by atoms with Crippen LogP contribution in [-0.4, -0.2) is 131 Å². The zero-order chi connectivity index (χ0) is 58.8. The van der Waals surface area contributed by atoms with E-state index in [0.717, 1.165) is 46.5 Å². The van der Waals surface area contributed by atoms with E-state index in [2.05, 4.69) is 5.32 Å². The molecule has 3 amide bonds. The Morgan fingerprint density at radius 3 is 0.939 bits per heavy atom. The second-order valence-electron chi connectivity index (χ2n) is 19.7. The molecule has 0 saturated carbocycles. The van der Waals surface area contributed by atoms with Crippen molar-refractivity contribution in [3.63, 3.8) is 0 Å². The summed E-state index contributed by atoms with van der Waals surface area (Å²) in [6.45, 7) is 5.33. The first-order chi connectivity index (χ1) is 39.5. The molecule has 0 spiro atoms. The first kappa shape index (κ1) is 62.5. The van der Waals surface area contributed by atoms with Gasteiger partial charge in [-0.2, -0.15) is 0 Å². The number of carbonyl (C=O) groups is 6. The normalized spacial score (nSPS) is 14.0. The van der Waals surface area contributed by atoms with Gasteiger partial charge in [-0.05, 0) is 145 Å². The minimum atomic E-state index is -0.813. The molecule has 0 aromatic heterocycles. The average molecular weight is 1120 g/mol. The minimum absolute atomic E-state index is 0.00480. The number of nitrogens with two attached hydrogens (primary N) is 4. The zero-order valence-electron chi connectivity index (χ0n) is 45.7. The van der Waals surface area contributed by atoms with Crippen LogP contribution in [-0.2, 0) is 72.0 Å². The summed E-state index contributed by atoms with van der Waals surface area (Å²) in [4.78, 5) is 71.2. The number of carboxylic acid groups (broad SMARTS) is 3. The molecule has 3 unspecified atom stereocenters. The lowest BCUT2D eigenvalue weighted by Gasteiger charge is -2.29. The zero-order valence-corrected chi connectivity index (χ0v) is 45.7. The first-order valence-electron chi connectivity index (χ1n) is 27.1. The Balaban J connectivity index is 0.000000199. The van der Waals surface area contributed by atoms with Crippen LogP contribution < -0.4 is 42.5 Å². The molecule has 0 aliphatic carbocycles. The molecule has 2 aliphatic rings. The molecule has 8 rings (SSSR count). The molecule has 82 heavy (non-hydrogen) atoms. The fraction of sp³-hybridized carbons (Fsp3) is 0.323. The number of amides is 3. The van der Waals surface area contributed by atoms with E-state index in [1.54, 1.807) is 29.2 Å². The summed E-state index contributed by atoms with van der Waals surface area (Å²) in [6, 6.07) is 42.5. The van der Waals surface area contributed by atoms with Crippen molar-refractivity contribution in [2.45, 2.75) is 75.9 Å². The molecule has 0 radical (unpaired) electrons. The van der Waals surface area contributed by atoms with Crippen molar-refractivity contribution >= 4 is 35.6 Å². The number of aliphatic carboxylic acids is 3. The van der Waals surface area contributed by atoms with Crippen LogP contribution in [0, 0.1) is 0 Å². The highest BCUT2D eigenvalue weighted by atomic mass is 16.5. The average Bonchev–Trinajstić information content (AvgIpc) is 3.49. The molecule has 2 aliphatic heterocycles. The standard InChI is InChI=1S/C22H27N3O4.C22H26N2O5.C18H20N2O4/c23-20(22(28)25-13-11-24-12-14-25)15-17-3-8-19(9-4-17)29-18-6-1-16(2-7-18)5-10-21(26)27;23-20(22(27)24-11-13-28-14-12-24)15-17-3-8-19(9-4-17)29-18-6-1-16(2-7-18)5-10-21(25)26;19-16(18(20)23)11-13-3-8-15(9-4-13)24-14-6-1-12(2-7-14)5-10-17(21)22/h1-4,6-9,20,24H,5,10-15,23H2,(H,26,27);1-4,6-9,20H,5,10-15,23H2,(H,25,26);1-4,6-9,16H,5,10-11,19H2,(H2,20,23)(H,21,22). The molecule has 2 heterocycles. The van der Waals surface area contributed by atoms with Crippen molar-refractivity contribution < 1.29 is 63.0 Å². The topological polar surface area (TPSA) is 323 Å². The van der Waals surface area contributed by atoms with Gasteiger partial charge in [0.25, 0.3) is 0 Å². The molecule has 20 nitrogen and oxygen atoms in total.